The van der Waals surface area contributed by atoms with Crippen LogP contribution in [0.2, 0.25) is 0 Å². The second-order valence-electron chi connectivity index (χ2n) is 5.14. The van der Waals surface area contributed by atoms with Gasteiger partial charge >= 0.3 is 6.03 Å². The lowest BCUT2D eigenvalue weighted by Gasteiger charge is -2.18. The molecule has 0 atom stereocenters. The van der Waals surface area contributed by atoms with Crippen LogP contribution in [-0.2, 0) is 6.54 Å². The van der Waals surface area contributed by atoms with Crippen molar-refractivity contribution in [3.8, 4) is 11.6 Å². The molecule has 0 aliphatic carbocycles. The van der Waals surface area contributed by atoms with Crippen LogP contribution in [0.4, 0.5) is 4.79 Å². The Bertz CT molecular complexity index is 634. The molecule has 2 rings (SSSR count). The standard InChI is InChI=1S/C18H23N3O3/c1-3-23-17-15(8-7-11-19-17)14-20-18(22)21(2)12-13-24-16-9-5-4-6-10-16/h4-11H,3,12-14H2,1-2H3,(H,20,22). The number of carbonyl (C=O) groups excluding carboxylic acids is 1. The molecular weight excluding hydrogens is 306 g/mol. The van der Waals surface area contributed by atoms with Crippen LogP contribution in [0.1, 0.15) is 12.5 Å². The number of ether oxygens (including phenoxy) is 2. The zero-order valence-electron chi connectivity index (χ0n) is 14.1. The van der Waals surface area contributed by atoms with E-state index >= 15 is 0 Å². The number of benzene rings is 1. The third-order valence-corrected chi connectivity index (χ3v) is 3.35. The van der Waals surface area contributed by atoms with Crippen molar-refractivity contribution < 1.29 is 14.3 Å². The summed E-state index contributed by atoms with van der Waals surface area (Å²) in [5, 5.41) is 2.86. The maximum absolute atomic E-state index is 12.1. The van der Waals surface area contributed by atoms with Crippen molar-refractivity contribution in [1.29, 1.82) is 0 Å². The van der Waals surface area contributed by atoms with Gasteiger partial charge in [-0.15, -0.1) is 0 Å². The fraction of sp³-hybridized carbons (Fsp3) is 0.333. The summed E-state index contributed by atoms with van der Waals surface area (Å²) in [6.45, 7) is 3.73. The van der Waals surface area contributed by atoms with Gasteiger partial charge in [0.2, 0.25) is 5.88 Å². The van der Waals surface area contributed by atoms with Crippen molar-refractivity contribution in [2.24, 2.45) is 0 Å². The molecule has 0 bridgehead atoms. The second kappa shape index (κ2) is 9.39. The van der Waals surface area contributed by atoms with E-state index in [1.807, 2.05) is 49.4 Å². The van der Waals surface area contributed by atoms with E-state index in [2.05, 4.69) is 10.3 Å². The number of pyridine rings is 1. The molecule has 2 amide bonds. The first-order valence-corrected chi connectivity index (χ1v) is 7.94. The van der Waals surface area contributed by atoms with Crippen LogP contribution in [-0.4, -0.2) is 42.7 Å². The molecule has 1 heterocycles. The Hall–Kier alpha value is -2.76. The second-order valence-corrected chi connectivity index (χ2v) is 5.14. The monoisotopic (exact) mass is 329 g/mol. The largest absolute Gasteiger partial charge is 0.492 e. The molecular formula is C18H23N3O3. The molecule has 0 aliphatic heterocycles. The smallest absolute Gasteiger partial charge is 0.317 e. The third kappa shape index (κ3) is 5.46. The number of nitrogens with one attached hydrogen (secondary N) is 1. The van der Waals surface area contributed by atoms with Crippen LogP contribution in [0.15, 0.2) is 48.7 Å². The van der Waals surface area contributed by atoms with Gasteiger partial charge in [0.1, 0.15) is 12.4 Å². The highest BCUT2D eigenvalue weighted by atomic mass is 16.5. The highest BCUT2D eigenvalue weighted by molar-refractivity contribution is 5.73. The number of nitrogens with zero attached hydrogens (tertiary/aromatic N) is 2. The van der Waals surface area contributed by atoms with E-state index in [0.717, 1.165) is 11.3 Å². The maximum Gasteiger partial charge on any atom is 0.317 e. The SMILES string of the molecule is CCOc1ncccc1CNC(=O)N(C)CCOc1ccccc1. The van der Waals surface area contributed by atoms with E-state index in [-0.39, 0.29) is 6.03 Å². The average molecular weight is 329 g/mol. The van der Waals surface area contributed by atoms with E-state index in [1.165, 1.54) is 0 Å². The van der Waals surface area contributed by atoms with Crippen LogP contribution >= 0.6 is 0 Å². The summed E-state index contributed by atoms with van der Waals surface area (Å²) in [7, 11) is 1.73. The van der Waals surface area contributed by atoms with E-state index in [0.29, 0.717) is 32.2 Å². The predicted octanol–water partition coefficient (Wildman–Crippen LogP) is 2.70. The average Bonchev–Trinajstić information content (AvgIpc) is 2.62. The molecule has 1 N–H and O–H groups in total. The summed E-state index contributed by atoms with van der Waals surface area (Å²) in [5.74, 6) is 1.35. The number of carbonyl (C=O) groups is 1. The maximum atomic E-state index is 12.1. The van der Waals surface area contributed by atoms with E-state index in [4.69, 9.17) is 9.47 Å². The van der Waals surface area contributed by atoms with Gasteiger partial charge in [-0.25, -0.2) is 9.78 Å². The molecule has 1 aromatic carbocycles. The van der Waals surface area contributed by atoms with Gasteiger partial charge in [0, 0.05) is 25.4 Å². The third-order valence-electron chi connectivity index (χ3n) is 3.35. The minimum atomic E-state index is -0.169. The lowest BCUT2D eigenvalue weighted by atomic mass is 10.2. The van der Waals surface area contributed by atoms with E-state index < -0.39 is 0 Å². The van der Waals surface area contributed by atoms with Crippen LogP contribution < -0.4 is 14.8 Å². The van der Waals surface area contributed by atoms with Crippen molar-refractivity contribution in [2.45, 2.75) is 13.5 Å². The molecule has 128 valence electrons. The first-order valence-electron chi connectivity index (χ1n) is 7.94. The summed E-state index contributed by atoms with van der Waals surface area (Å²) in [6.07, 6.45) is 1.67. The Kier molecular flexibility index (Phi) is 6.89. The van der Waals surface area contributed by atoms with Crippen molar-refractivity contribution in [3.05, 3.63) is 54.2 Å². The van der Waals surface area contributed by atoms with Crippen LogP contribution in [0, 0.1) is 0 Å². The zero-order valence-corrected chi connectivity index (χ0v) is 14.1. The Morgan fingerprint density at radius 1 is 1.17 bits per heavy atom. The predicted molar refractivity (Wildman–Crippen MR) is 92.2 cm³/mol. The summed E-state index contributed by atoms with van der Waals surface area (Å²) < 4.78 is 11.0. The quantitative estimate of drug-likeness (QED) is 0.809. The van der Waals surface area contributed by atoms with E-state index in [1.54, 1.807) is 18.1 Å². The molecule has 2 aromatic rings. The van der Waals surface area contributed by atoms with Gasteiger partial charge in [-0.2, -0.15) is 0 Å². The molecule has 6 nitrogen and oxygen atoms in total. The summed E-state index contributed by atoms with van der Waals surface area (Å²) >= 11 is 0. The molecule has 0 unspecified atom stereocenters. The van der Waals surface area contributed by atoms with Crippen molar-refractivity contribution in [2.75, 3.05) is 26.8 Å². The van der Waals surface area contributed by atoms with Crippen molar-refractivity contribution >= 4 is 6.03 Å². The fourth-order valence-corrected chi connectivity index (χ4v) is 2.05. The van der Waals surface area contributed by atoms with E-state index in [9.17, 15) is 4.79 Å². The molecule has 0 saturated carbocycles. The molecule has 0 aliphatic rings. The molecule has 1 aromatic heterocycles. The Morgan fingerprint density at radius 3 is 2.71 bits per heavy atom. The molecule has 6 heteroatoms. The molecule has 24 heavy (non-hydrogen) atoms. The van der Waals surface area contributed by atoms with Crippen LogP contribution in [0.25, 0.3) is 0 Å². The van der Waals surface area contributed by atoms with Gasteiger partial charge < -0.3 is 19.7 Å². The Morgan fingerprint density at radius 2 is 1.96 bits per heavy atom. The fourth-order valence-electron chi connectivity index (χ4n) is 2.05. The Labute approximate surface area is 142 Å². The van der Waals surface area contributed by atoms with Gasteiger partial charge in [-0.3, -0.25) is 0 Å². The van der Waals surface area contributed by atoms with Gasteiger partial charge in [-0.05, 0) is 25.1 Å². The number of aromatic nitrogens is 1. The minimum Gasteiger partial charge on any atom is -0.492 e. The van der Waals surface area contributed by atoms with Gasteiger partial charge in [0.25, 0.3) is 0 Å². The number of hydrogen-bond donors (Lipinski definition) is 1. The van der Waals surface area contributed by atoms with Crippen molar-refractivity contribution in [3.63, 3.8) is 0 Å². The number of urea groups is 1. The molecule has 0 fully saturated rings. The van der Waals surface area contributed by atoms with Crippen molar-refractivity contribution in [1.82, 2.24) is 15.2 Å². The lowest BCUT2D eigenvalue weighted by molar-refractivity contribution is 0.195. The summed E-state index contributed by atoms with van der Waals surface area (Å²) in [6, 6.07) is 13.1. The summed E-state index contributed by atoms with van der Waals surface area (Å²) in [5.41, 5.74) is 0.849. The first kappa shape index (κ1) is 17.6. The normalized spacial score (nSPS) is 10.1. The molecule has 0 radical (unpaired) electrons. The number of para-hydroxylation sites is 1. The zero-order chi connectivity index (χ0) is 17.2. The van der Waals surface area contributed by atoms with Crippen LogP contribution in [0.5, 0.6) is 11.6 Å². The van der Waals surface area contributed by atoms with Gasteiger partial charge in [0.15, 0.2) is 0 Å². The first-order chi connectivity index (χ1) is 11.7. The topological polar surface area (TPSA) is 63.7 Å². The van der Waals surface area contributed by atoms with Gasteiger partial charge in [-0.1, -0.05) is 24.3 Å². The summed E-state index contributed by atoms with van der Waals surface area (Å²) in [4.78, 5) is 17.9. The highest BCUT2D eigenvalue weighted by Gasteiger charge is 2.10. The van der Waals surface area contributed by atoms with Gasteiger partial charge in [0.05, 0.1) is 13.2 Å². The number of amides is 2. The number of hydrogen-bond acceptors (Lipinski definition) is 4. The molecule has 0 spiro atoms. The highest BCUT2D eigenvalue weighted by Crippen LogP contribution is 2.13. The van der Waals surface area contributed by atoms with Crippen LogP contribution in [0.3, 0.4) is 0 Å². The Balaban J connectivity index is 1.75. The lowest BCUT2D eigenvalue weighted by Crippen LogP contribution is -2.39. The molecule has 0 saturated heterocycles. The number of rotatable bonds is 8. The minimum absolute atomic E-state index is 0.169. The number of likely N-dealkylation sites (N-methyl/N-ethyl adjacent to an activating group) is 1.